The van der Waals surface area contributed by atoms with Crippen LogP contribution in [0.1, 0.15) is 44.1 Å². The first-order valence-electron chi connectivity index (χ1n) is 6.36. The average molecular weight is 223 g/mol. The van der Waals surface area contributed by atoms with Gasteiger partial charge in [0.1, 0.15) is 0 Å². The highest BCUT2D eigenvalue weighted by Crippen LogP contribution is 2.13. The molecule has 0 fully saturated rings. The number of nitrogens with one attached hydrogen (secondary N) is 1. The van der Waals surface area contributed by atoms with Crippen LogP contribution in [0.25, 0.3) is 0 Å². The fraction of sp³-hybridized carbons (Fsp3) is 0.769. The van der Waals surface area contributed by atoms with Crippen molar-refractivity contribution in [2.24, 2.45) is 0 Å². The van der Waals surface area contributed by atoms with Crippen LogP contribution in [0.5, 0.6) is 0 Å². The quantitative estimate of drug-likeness (QED) is 0.803. The van der Waals surface area contributed by atoms with Crippen molar-refractivity contribution in [1.82, 2.24) is 15.1 Å². The first-order valence-corrected chi connectivity index (χ1v) is 6.36. The third kappa shape index (κ3) is 3.08. The summed E-state index contributed by atoms with van der Waals surface area (Å²) in [6, 6.07) is 0.613. The maximum Gasteiger partial charge on any atom is 0.0628 e. The van der Waals surface area contributed by atoms with Crippen molar-refractivity contribution in [2.45, 2.75) is 60.0 Å². The van der Waals surface area contributed by atoms with E-state index in [4.69, 9.17) is 0 Å². The standard InChI is InChI=1S/C13H25N3/c1-6-10(3)14-9-8-13-11(4)15-16(7-2)12(13)5/h10,14H,6-9H2,1-5H3. The lowest BCUT2D eigenvalue weighted by atomic mass is 10.1. The summed E-state index contributed by atoms with van der Waals surface area (Å²) in [6.45, 7) is 12.9. The fourth-order valence-electron chi connectivity index (χ4n) is 1.99. The number of hydrogen-bond donors (Lipinski definition) is 1. The third-order valence-corrected chi connectivity index (χ3v) is 3.31. The Kier molecular flexibility index (Phi) is 5.00. The van der Waals surface area contributed by atoms with Gasteiger partial charge < -0.3 is 5.32 Å². The summed E-state index contributed by atoms with van der Waals surface area (Å²) in [6.07, 6.45) is 2.27. The van der Waals surface area contributed by atoms with Crippen LogP contribution in [0, 0.1) is 13.8 Å². The summed E-state index contributed by atoms with van der Waals surface area (Å²) in [7, 11) is 0. The van der Waals surface area contributed by atoms with E-state index in [9.17, 15) is 0 Å². The van der Waals surface area contributed by atoms with Crippen LogP contribution in [0.2, 0.25) is 0 Å². The van der Waals surface area contributed by atoms with Crippen LogP contribution in [-0.2, 0) is 13.0 Å². The molecule has 0 aromatic carbocycles. The fourth-order valence-corrected chi connectivity index (χ4v) is 1.99. The normalized spacial score (nSPS) is 13.1. The molecule has 1 rings (SSSR count). The molecular weight excluding hydrogens is 198 g/mol. The Hall–Kier alpha value is -0.830. The lowest BCUT2D eigenvalue weighted by Crippen LogP contribution is -2.27. The minimum Gasteiger partial charge on any atom is -0.314 e. The molecule has 0 aliphatic carbocycles. The first kappa shape index (κ1) is 13.2. The second-order valence-corrected chi connectivity index (χ2v) is 4.48. The molecule has 3 nitrogen and oxygen atoms in total. The van der Waals surface area contributed by atoms with Crippen molar-refractivity contribution in [3.05, 3.63) is 17.0 Å². The van der Waals surface area contributed by atoms with E-state index in [1.165, 1.54) is 23.4 Å². The van der Waals surface area contributed by atoms with E-state index in [-0.39, 0.29) is 0 Å². The molecule has 1 aromatic heterocycles. The number of hydrogen-bond acceptors (Lipinski definition) is 2. The van der Waals surface area contributed by atoms with Gasteiger partial charge in [-0.05, 0) is 52.6 Å². The van der Waals surface area contributed by atoms with Gasteiger partial charge in [-0.25, -0.2) is 0 Å². The first-order chi connectivity index (χ1) is 7.60. The molecule has 1 heterocycles. The van der Waals surface area contributed by atoms with Gasteiger partial charge in [0.15, 0.2) is 0 Å². The van der Waals surface area contributed by atoms with Gasteiger partial charge in [-0.2, -0.15) is 5.10 Å². The molecule has 1 N–H and O–H groups in total. The van der Waals surface area contributed by atoms with Gasteiger partial charge in [0, 0.05) is 18.3 Å². The molecule has 0 amide bonds. The highest BCUT2D eigenvalue weighted by Gasteiger charge is 2.10. The molecule has 1 aromatic rings. The Morgan fingerprint density at radius 1 is 1.31 bits per heavy atom. The number of aryl methyl sites for hydroxylation is 2. The van der Waals surface area contributed by atoms with Crippen molar-refractivity contribution in [2.75, 3.05) is 6.54 Å². The molecule has 0 radical (unpaired) electrons. The number of aromatic nitrogens is 2. The van der Waals surface area contributed by atoms with E-state index >= 15 is 0 Å². The zero-order chi connectivity index (χ0) is 12.1. The summed E-state index contributed by atoms with van der Waals surface area (Å²) in [5.74, 6) is 0. The van der Waals surface area contributed by atoms with Crippen molar-refractivity contribution in [3.63, 3.8) is 0 Å². The summed E-state index contributed by atoms with van der Waals surface area (Å²) < 4.78 is 2.09. The molecule has 0 saturated heterocycles. The Labute approximate surface area is 99.2 Å². The van der Waals surface area contributed by atoms with Crippen molar-refractivity contribution in [1.29, 1.82) is 0 Å². The van der Waals surface area contributed by atoms with Gasteiger partial charge in [-0.15, -0.1) is 0 Å². The van der Waals surface area contributed by atoms with Crippen LogP contribution in [0.15, 0.2) is 0 Å². The van der Waals surface area contributed by atoms with Gasteiger partial charge in [0.25, 0.3) is 0 Å². The van der Waals surface area contributed by atoms with Crippen LogP contribution >= 0.6 is 0 Å². The summed E-state index contributed by atoms with van der Waals surface area (Å²) in [4.78, 5) is 0. The number of rotatable bonds is 6. The molecule has 0 aliphatic rings. The molecule has 0 bridgehead atoms. The van der Waals surface area contributed by atoms with Crippen LogP contribution in [0.4, 0.5) is 0 Å². The predicted octanol–water partition coefficient (Wildman–Crippen LogP) is 2.45. The SMILES string of the molecule is CCC(C)NCCc1c(C)nn(CC)c1C. The zero-order valence-electron chi connectivity index (χ0n) is 11.3. The summed E-state index contributed by atoms with van der Waals surface area (Å²) >= 11 is 0. The van der Waals surface area contributed by atoms with E-state index in [0.29, 0.717) is 6.04 Å². The average Bonchev–Trinajstić information content (AvgIpc) is 2.55. The minimum absolute atomic E-state index is 0.613. The zero-order valence-corrected chi connectivity index (χ0v) is 11.3. The molecule has 1 unspecified atom stereocenters. The van der Waals surface area contributed by atoms with Gasteiger partial charge >= 0.3 is 0 Å². The maximum atomic E-state index is 4.54. The minimum atomic E-state index is 0.613. The lowest BCUT2D eigenvalue weighted by molar-refractivity contribution is 0.536. The molecule has 16 heavy (non-hydrogen) atoms. The van der Waals surface area contributed by atoms with Crippen molar-refractivity contribution >= 4 is 0 Å². The smallest absolute Gasteiger partial charge is 0.0628 e. The summed E-state index contributed by atoms with van der Waals surface area (Å²) in [5.41, 5.74) is 3.92. The van der Waals surface area contributed by atoms with Gasteiger partial charge in [-0.3, -0.25) is 4.68 Å². The predicted molar refractivity (Wildman–Crippen MR) is 68.8 cm³/mol. The van der Waals surface area contributed by atoms with E-state index in [1.54, 1.807) is 0 Å². The van der Waals surface area contributed by atoms with E-state index in [1.807, 2.05) is 0 Å². The van der Waals surface area contributed by atoms with Crippen molar-refractivity contribution < 1.29 is 0 Å². The van der Waals surface area contributed by atoms with Crippen LogP contribution < -0.4 is 5.32 Å². The summed E-state index contributed by atoms with van der Waals surface area (Å²) in [5, 5.41) is 8.06. The van der Waals surface area contributed by atoms with Crippen LogP contribution in [0.3, 0.4) is 0 Å². The molecule has 0 saturated carbocycles. The monoisotopic (exact) mass is 223 g/mol. The van der Waals surface area contributed by atoms with Crippen molar-refractivity contribution in [3.8, 4) is 0 Å². The largest absolute Gasteiger partial charge is 0.314 e. The second-order valence-electron chi connectivity index (χ2n) is 4.48. The molecule has 0 spiro atoms. The Balaban J connectivity index is 2.56. The Morgan fingerprint density at radius 2 is 2.00 bits per heavy atom. The molecule has 1 atom stereocenters. The Bertz CT molecular complexity index is 328. The molecule has 92 valence electrons. The van der Waals surface area contributed by atoms with E-state index in [2.05, 4.69) is 49.7 Å². The van der Waals surface area contributed by atoms with Gasteiger partial charge in [0.05, 0.1) is 5.69 Å². The van der Waals surface area contributed by atoms with E-state index < -0.39 is 0 Å². The number of nitrogens with zero attached hydrogens (tertiary/aromatic N) is 2. The highest BCUT2D eigenvalue weighted by molar-refractivity contribution is 5.24. The van der Waals surface area contributed by atoms with Gasteiger partial charge in [-0.1, -0.05) is 6.92 Å². The Morgan fingerprint density at radius 3 is 2.50 bits per heavy atom. The topological polar surface area (TPSA) is 29.9 Å². The molecular formula is C13H25N3. The third-order valence-electron chi connectivity index (χ3n) is 3.31. The lowest BCUT2D eigenvalue weighted by Gasteiger charge is -2.11. The molecule has 0 aliphatic heterocycles. The van der Waals surface area contributed by atoms with Gasteiger partial charge in [0.2, 0.25) is 0 Å². The maximum absolute atomic E-state index is 4.54. The second kappa shape index (κ2) is 6.04. The molecule has 3 heteroatoms. The van der Waals surface area contributed by atoms with E-state index in [0.717, 1.165) is 19.5 Å². The highest BCUT2D eigenvalue weighted by atomic mass is 15.3. The van der Waals surface area contributed by atoms with Crippen LogP contribution in [-0.4, -0.2) is 22.4 Å².